The molecule has 0 aliphatic carbocycles. The Balaban J connectivity index is 1.93. The smallest absolute Gasteiger partial charge is 0.245 e. The molecule has 0 saturated carbocycles. The fourth-order valence-corrected chi connectivity index (χ4v) is 2.23. The molecule has 0 fully saturated rings. The van der Waals surface area contributed by atoms with E-state index in [0.29, 0.717) is 5.82 Å². The maximum Gasteiger partial charge on any atom is 0.245 e. The van der Waals surface area contributed by atoms with E-state index in [2.05, 4.69) is 10.3 Å². The number of amides is 1. The van der Waals surface area contributed by atoms with Crippen molar-refractivity contribution in [3.8, 4) is 0 Å². The van der Waals surface area contributed by atoms with Crippen LogP contribution in [0.2, 0.25) is 0 Å². The van der Waals surface area contributed by atoms with Gasteiger partial charge in [-0.05, 0) is 24.3 Å². The van der Waals surface area contributed by atoms with E-state index in [1.807, 2.05) is 0 Å². The molecular weight excluding hydrogens is 285 g/mol. The molecule has 1 amide bonds. The van der Waals surface area contributed by atoms with Crippen LogP contribution in [0, 0.1) is 5.82 Å². The van der Waals surface area contributed by atoms with E-state index in [0.717, 1.165) is 0 Å². The molecule has 0 spiro atoms. The number of nitrogens with one attached hydrogen (secondary N) is 1. The molecule has 22 heavy (non-hydrogen) atoms. The van der Waals surface area contributed by atoms with Gasteiger partial charge in [-0.1, -0.05) is 12.1 Å². The molecule has 0 radical (unpaired) electrons. The number of carbonyl (C=O) groups excluding carboxylic acids is 1. The van der Waals surface area contributed by atoms with Gasteiger partial charge in [-0.2, -0.15) is 0 Å². The first-order valence-corrected chi connectivity index (χ1v) is 6.64. The molecule has 0 bridgehead atoms. The van der Waals surface area contributed by atoms with E-state index in [1.54, 1.807) is 24.4 Å². The highest BCUT2D eigenvalue weighted by Gasteiger charge is 2.11. The quantitative estimate of drug-likeness (QED) is 0.806. The van der Waals surface area contributed by atoms with Gasteiger partial charge in [-0.3, -0.25) is 9.59 Å². The third-order valence-electron chi connectivity index (χ3n) is 3.19. The highest BCUT2D eigenvalue weighted by molar-refractivity contribution is 5.91. The van der Waals surface area contributed by atoms with Crippen molar-refractivity contribution in [1.82, 2.24) is 9.55 Å². The largest absolute Gasteiger partial charge is 0.335 e. The summed E-state index contributed by atoms with van der Waals surface area (Å²) >= 11 is 0. The molecular formula is C16H12FN3O2. The number of halogens is 1. The van der Waals surface area contributed by atoms with Gasteiger partial charge in [0.25, 0.3) is 0 Å². The number of carbonyl (C=O) groups is 1. The van der Waals surface area contributed by atoms with Gasteiger partial charge in [0.1, 0.15) is 18.2 Å². The van der Waals surface area contributed by atoms with Crippen LogP contribution in [0.15, 0.2) is 59.7 Å². The van der Waals surface area contributed by atoms with E-state index < -0.39 is 5.82 Å². The van der Waals surface area contributed by atoms with Gasteiger partial charge in [-0.25, -0.2) is 9.37 Å². The Bertz CT molecular complexity index is 891. The normalized spacial score (nSPS) is 10.6. The third-order valence-corrected chi connectivity index (χ3v) is 3.19. The first-order chi connectivity index (χ1) is 10.6. The van der Waals surface area contributed by atoms with Crippen molar-refractivity contribution in [2.45, 2.75) is 6.54 Å². The second-order valence-electron chi connectivity index (χ2n) is 4.71. The molecule has 0 saturated heterocycles. The molecule has 0 unspecified atom stereocenters. The lowest BCUT2D eigenvalue weighted by Crippen LogP contribution is -2.21. The molecule has 110 valence electrons. The number of anilines is 1. The number of nitrogens with zero attached hydrogens (tertiary/aromatic N) is 2. The molecule has 1 N–H and O–H groups in total. The maximum atomic E-state index is 14.0. The van der Waals surface area contributed by atoms with Crippen molar-refractivity contribution in [2.24, 2.45) is 0 Å². The summed E-state index contributed by atoms with van der Waals surface area (Å²) in [5.74, 6) is -0.480. The molecule has 6 heteroatoms. The predicted molar refractivity (Wildman–Crippen MR) is 81.0 cm³/mol. The summed E-state index contributed by atoms with van der Waals surface area (Å²) in [6.45, 7) is -0.117. The van der Waals surface area contributed by atoms with Crippen LogP contribution in [0.1, 0.15) is 0 Å². The van der Waals surface area contributed by atoms with Crippen molar-refractivity contribution in [1.29, 1.82) is 0 Å². The molecule has 3 aromatic rings. The summed E-state index contributed by atoms with van der Waals surface area (Å²) in [5.41, 5.74) is -0.165. The van der Waals surface area contributed by atoms with Crippen molar-refractivity contribution in [3.63, 3.8) is 0 Å². The maximum absolute atomic E-state index is 14.0. The van der Waals surface area contributed by atoms with E-state index in [4.69, 9.17) is 0 Å². The van der Waals surface area contributed by atoms with Crippen LogP contribution < -0.4 is 10.7 Å². The fourth-order valence-electron chi connectivity index (χ4n) is 2.23. The van der Waals surface area contributed by atoms with E-state index in [1.165, 1.54) is 35.0 Å². The molecule has 0 aliphatic rings. The zero-order chi connectivity index (χ0) is 15.5. The zero-order valence-corrected chi connectivity index (χ0v) is 11.5. The van der Waals surface area contributed by atoms with Gasteiger partial charge in [0.05, 0.1) is 5.52 Å². The number of hydrogen-bond acceptors (Lipinski definition) is 3. The minimum atomic E-state index is -0.541. The van der Waals surface area contributed by atoms with Crippen LogP contribution in [0.5, 0.6) is 0 Å². The topological polar surface area (TPSA) is 64.0 Å². The van der Waals surface area contributed by atoms with Crippen LogP contribution in [0.3, 0.4) is 0 Å². The number of rotatable bonds is 3. The van der Waals surface area contributed by atoms with Gasteiger partial charge in [0.15, 0.2) is 5.43 Å². The Kier molecular flexibility index (Phi) is 3.65. The van der Waals surface area contributed by atoms with Gasteiger partial charge >= 0.3 is 0 Å². The zero-order valence-electron chi connectivity index (χ0n) is 11.5. The fraction of sp³-hybridized carbons (Fsp3) is 0.0625. The van der Waals surface area contributed by atoms with Crippen LogP contribution in [0.4, 0.5) is 10.2 Å². The summed E-state index contributed by atoms with van der Waals surface area (Å²) in [6, 6.07) is 10.7. The van der Waals surface area contributed by atoms with Crippen LogP contribution in [0.25, 0.3) is 10.9 Å². The molecule has 0 atom stereocenters. The summed E-state index contributed by atoms with van der Waals surface area (Å²) in [7, 11) is 0. The van der Waals surface area contributed by atoms with Crippen LogP contribution >= 0.6 is 0 Å². The Morgan fingerprint density at radius 3 is 2.82 bits per heavy atom. The van der Waals surface area contributed by atoms with Gasteiger partial charge in [0, 0.05) is 23.8 Å². The third kappa shape index (κ3) is 2.71. The number of para-hydroxylation sites is 1. The molecule has 0 aliphatic heterocycles. The average molecular weight is 297 g/mol. The average Bonchev–Trinajstić information content (AvgIpc) is 2.51. The second kappa shape index (κ2) is 5.77. The number of benzene rings is 1. The van der Waals surface area contributed by atoms with E-state index in [9.17, 15) is 14.0 Å². The Labute approximate surface area is 125 Å². The molecule has 2 aromatic heterocycles. The van der Waals surface area contributed by atoms with Gasteiger partial charge in [-0.15, -0.1) is 0 Å². The minimum absolute atomic E-state index is 0.117. The standard InChI is InChI=1S/C16H12FN3O2/c17-12-5-3-4-11-13(21)7-9-20(16(11)12)10-15(22)19-14-6-1-2-8-18-14/h1-9H,10H2,(H,18,19,22). The van der Waals surface area contributed by atoms with Crippen molar-refractivity contribution < 1.29 is 9.18 Å². The van der Waals surface area contributed by atoms with E-state index in [-0.39, 0.29) is 28.8 Å². The first-order valence-electron chi connectivity index (χ1n) is 6.64. The summed E-state index contributed by atoms with van der Waals surface area (Å²) in [6.07, 6.45) is 2.97. The SMILES string of the molecule is O=C(Cn1ccc(=O)c2cccc(F)c21)Nc1ccccn1. The second-order valence-corrected chi connectivity index (χ2v) is 4.71. The first kappa shape index (κ1) is 13.9. The van der Waals surface area contributed by atoms with Gasteiger partial charge < -0.3 is 9.88 Å². The van der Waals surface area contributed by atoms with Crippen molar-refractivity contribution in [2.75, 3.05) is 5.32 Å². The lowest BCUT2D eigenvalue weighted by molar-refractivity contribution is -0.116. The van der Waals surface area contributed by atoms with Crippen LogP contribution in [-0.4, -0.2) is 15.5 Å². The summed E-state index contributed by atoms with van der Waals surface area (Å²) in [4.78, 5) is 27.8. The predicted octanol–water partition coefficient (Wildman–Crippen LogP) is 2.17. The highest BCUT2D eigenvalue weighted by Crippen LogP contribution is 2.14. The monoisotopic (exact) mass is 297 g/mol. The number of aromatic nitrogens is 2. The lowest BCUT2D eigenvalue weighted by Gasteiger charge is -2.11. The minimum Gasteiger partial charge on any atom is -0.335 e. The number of pyridine rings is 2. The van der Waals surface area contributed by atoms with Crippen LogP contribution in [-0.2, 0) is 11.3 Å². The molecule has 1 aromatic carbocycles. The Morgan fingerprint density at radius 1 is 1.18 bits per heavy atom. The Morgan fingerprint density at radius 2 is 2.05 bits per heavy atom. The molecule has 5 nitrogen and oxygen atoms in total. The van der Waals surface area contributed by atoms with Crippen molar-refractivity contribution >= 4 is 22.6 Å². The summed E-state index contributed by atoms with van der Waals surface area (Å²) in [5, 5.41) is 2.86. The Hall–Kier alpha value is -3.02. The lowest BCUT2D eigenvalue weighted by atomic mass is 10.2. The van der Waals surface area contributed by atoms with Gasteiger partial charge in [0.2, 0.25) is 5.91 Å². The van der Waals surface area contributed by atoms with E-state index >= 15 is 0 Å². The number of hydrogen-bond donors (Lipinski definition) is 1. The molecule has 2 heterocycles. The highest BCUT2D eigenvalue weighted by atomic mass is 19.1. The molecule has 3 rings (SSSR count). The number of fused-ring (bicyclic) bond motifs is 1. The van der Waals surface area contributed by atoms with Crippen molar-refractivity contribution in [3.05, 3.63) is 70.9 Å². The summed E-state index contributed by atoms with van der Waals surface area (Å²) < 4.78 is 15.4.